The van der Waals surface area contributed by atoms with Crippen molar-refractivity contribution in [1.29, 1.82) is 0 Å². The highest BCUT2D eigenvalue weighted by Crippen LogP contribution is 2.29. The molecular formula is C10H12F2N2O. The first-order valence-electron chi connectivity index (χ1n) is 5.01. The summed E-state index contributed by atoms with van der Waals surface area (Å²) in [6.45, 7) is 0. The molecule has 0 aromatic carbocycles. The minimum absolute atomic E-state index is 0.00852. The van der Waals surface area contributed by atoms with Gasteiger partial charge in [0.2, 0.25) is 0 Å². The third-order valence-corrected chi connectivity index (χ3v) is 2.80. The van der Waals surface area contributed by atoms with Gasteiger partial charge in [0.15, 0.2) is 5.82 Å². The molecule has 5 heteroatoms. The maximum absolute atomic E-state index is 12.5. The molecule has 1 aliphatic rings. The Labute approximate surface area is 86.1 Å². The molecule has 1 heterocycles. The van der Waals surface area contributed by atoms with Gasteiger partial charge in [-0.25, -0.2) is 13.8 Å². The standard InChI is InChI=1S/C10H12F2N2O/c11-9(12)10-13-5-6-14(10)7-1-3-8(15)4-2-7/h5-7,9H,1-4H2. The Morgan fingerprint density at radius 3 is 2.67 bits per heavy atom. The smallest absolute Gasteiger partial charge is 0.295 e. The summed E-state index contributed by atoms with van der Waals surface area (Å²) < 4.78 is 26.6. The van der Waals surface area contributed by atoms with E-state index in [0.29, 0.717) is 25.7 Å². The average Bonchev–Trinajstić information content (AvgIpc) is 2.67. The number of carbonyl (C=O) groups excluding carboxylic acids is 1. The van der Waals surface area contributed by atoms with Crippen LogP contribution in [0, 0.1) is 0 Å². The highest BCUT2D eigenvalue weighted by Gasteiger charge is 2.24. The second-order valence-electron chi connectivity index (χ2n) is 3.76. The quantitative estimate of drug-likeness (QED) is 0.758. The summed E-state index contributed by atoms with van der Waals surface area (Å²) in [6.07, 6.45) is 2.69. The van der Waals surface area contributed by atoms with Gasteiger partial charge in [0.1, 0.15) is 5.78 Å². The lowest BCUT2D eigenvalue weighted by molar-refractivity contribution is -0.120. The minimum Gasteiger partial charge on any atom is -0.327 e. The van der Waals surface area contributed by atoms with Crippen molar-refractivity contribution < 1.29 is 13.6 Å². The highest BCUT2D eigenvalue weighted by atomic mass is 19.3. The van der Waals surface area contributed by atoms with E-state index in [4.69, 9.17) is 0 Å². The molecule has 15 heavy (non-hydrogen) atoms. The summed E-state index contributed by atoms with van der Waals surface area (Å²) >= 11 is 0. The minimum atomic E-state index is -2.54. The zero-order valence-electron chi connectivity index (χ0n) is 8.20. The lowest BCUT2D eigenvalue weighted by Crippen LogP contribution is -2.19. The topological polar surface area (TPSA) is 34.9 Å². The number of rotatable bonds is 2. The van der Waals surface area contributed by atoms with Crippen molar-refractivity contribution >= 4 is 5.78 Å². The van der Waals surface area contributed by atoms with Crippen molar-refractivity contribution in [3.63, 3.8) is 0 Å². The monoisotopic (exact) mass is 214 g/mol. The molecular weight excluding hydrogens is 202 g/mol. The Morgan fingerprint density at radius 1 is 1.40 bits per heavy atom. The first kappa shape index (κ1) is 10.3. The van der Waals surface area contributed by atoms with Gasteiger partial charge in [-0.2, -0.15) is 0 Å². The molecule has 1 fully saturated rings. The molecule has 0 amide bonds. The number of alkyl halides is 2. The summed E-state index contributed by atoms with van der Waals surface area (Å²) in [7, 11) is 0. The lowest BCUT2D eigenvalue weighted by Gasteiger charge is -2.23. The van der Waals surface area contributed by atoms with Gasteiger partial charge in [0.05, 0.1) is 0 Å². The molecule has 0 radical (unpaired) electrons. The van der Waals surface area contributed by atoms with E-state index in [0.717, 1.165) is 0 Å². The van der Waals surface area contributed by atoms with Crippen molar-refractivity contribution in [3.05, 3.63) is 18.2 Å². The van der Waals surface area contributed by atoms with E-state index < -0.39 is 6.43 Å². The third-order valence-electron chi connectivity index (χ3n) is 2.80. The maximum atomic E-state index is 12.5. The molecule has 3 nitrogen and oxygen atoms in total. The Morgan fingerprint density at radius 2 is 2.07 bits per heavy atom. The molecule has 2 rings (SSSR count). The summed E-state index contributed by atoms with van der Waals surface area (Å²) in [6, 6.07) is 0.00852. The molecule has 0 saturated heterocycles. The zero-order chi connectivity index (χ0) is 10.8. The van der Waals surface area contributed by atoms with Crippen LogP contribution in [0.15, 0.2) is 12.4 Å². The number of halogens is 2. The molecule has 0 unspecified atom stereocenters. The Balaban J connectivity index is 2.15. The molecule has 0 aliphatic heterocycles. The van der Waals surface area contributed by atoms with E-state index in [1.165, 1.54) is 10.8 Å². The maximum Gasteiger partial charge on any atom is 0.295 e. The van der Waals surface area contributed by atoms with Crippen molar-refractivity contribution in [3.8, 4) is 0 Å². The molecule has 82 valence electrons. The number of carbonyl (C=O) groups is 1. The van der Waals surface area contributed by atoms with Crippen LogP contribution in [0.5, 0.6) is 0 Å². The van der Waals surface area contributed by atoms with Gasteiger partial charge in [-0.05, 0) is 12.8 Å². The molecule has 0 atom stereocenters. The van der Waals surface area contributed by atoms with Crippen LogP contribution in [-0.4, -0.2) is 15.3 Å². The summed E-state index contributed by atoms with van der Waals surface area (Å²) in [5, 5.41) is 0. The molecule has 1 aliphatic carbocycles. The Kier molecular flexibility index (Phi) is 2.79. The van der Waals surface area contributed by atoms with E-state index in [-0.39, 0.29) is 17.6 Å². The Hall–Kier alpha value is -1.26. The van der Waals surface area contributed by atoms with Crippen LogP contribution in [0.1, 0.15) is 44.0 Å². The lowest BCUT2D eigenvalue weighted by atomic mass is 9.94. The molecule has 1 saturated carbocycles. The van der Waals surface area contributed by atoms with Crippen molar-refractivity contribution in [1.82, 2.24) is 9.55 Å². The second kappa shape index (κ2) is 4.08. The first-order chi connectivity index (χ1) is 7.18. The van der Waals surface area contributed by atoms with E-state index in [1.54, 1.807) is 6.20 Å². The summed E-state index contributed by atoms with van der Waals surface area (Å²) in [5.41, 5.74) is 0. The van der Waals surface area contributed by atoms with Gasteiger partial charge in [-0.1, -0.05) is 0 Å². The molecule has 1 aromatic rings. The number of nitrogens with zero attached hydrogens (tertiary/aromatic N) is 2. The van der Waals surface area contributed by atoms with E-state index in [1.807, 2.05) is 0 Å². The normalized spacial score (nSPS) is 18.7. The molecule has 0 bridgehead atoms. The van der Waals surface area contributed by atoms with E-state index in [9.17, 15) is 13.6 Å². The Bertz CT molecular complexity index is 352. The van der Waals surface area contributed by atoms with Crippen LogP contribution in [-0.2, 0) is 4.79 Å². The van der Waals surface area contributed by atoms with Crippen LogP contribution >= 0.6 is 0 Å². The van der Waals surface area contributed by atoms with Crippen LogP contribution in [0.3, 0.4) is 0 Å². The average molecular weight is 214 g/mol. The van der Waals surface area contributed by atoms with Gasteiger partial charge in [-0.15, -0.1) is 0 Å². The SMILES string of the molecule is O=C1CCC(n2ccnc2C(F)F)CC1. The van der Waals surface area contributed by atoms with Crippen molar-refractivity contribution in [2.75, 3.05) is 0 Å². The fourth-order valence-electron chi connectivity index (χ4n) is 2.01. The number of ketones is 1. The largest absolute Gasteiger partial charge is 0.327 e. The van der Waals surface area contributed by atoms with Crippen LogP contribution < -0.4 is 0 Å². The molecule has 1 aromatic heterocycles. The number of Topliss-reactive ketones (excluding diaryl/α,β-unsaturated/α-hetero) is 1. The van der Waals surface area contributed by atoms with Crippen LogP contribution in [0.2, 0.25) is 0 Å². The fourth-order valence-corrected chi connectivity index (χ4v) is 2.01. The van der Waals surface area contributed by atoms with E-state index in [2.05, 4.69) is 4.98 Å². The van der Waals surface area contributed by atoms with Crippen LogP contribution in [0.4, 0.5) is 8.78 Å². The van der Waals surface area contributed by atoms with Gasteiger partial charge < -0.3 is 4.57 Å². The van der Waals surface area contributed by atoms with Gasteiger partial charge in [-0.3, -0.25) is 4.79 Å². The number of hydrogen-bond acceptors (Lipinski definition) is 2. The van der Waals surface area contributed by atoms with Crippen LogP contribution in [0.25, 0.3) is 0 Å². The van der Waals surface area contributed by atoms with E-state index >= 15 is 0 Å². The van der Waals surface area contributed by atoms with Crippen molar-refractivity contribution in [2.45, 2.75) is 38.2 Å². The molecule has 0 spiro atoms. The zero-order valence-corrected chi connectivity index (χ0v) is 8.20. The van der Waals surface area contributed by atoms with Gasteiger partial charge in [0, 0.05) is 31.3 Å². The number of hydrogen-bond donors (Lipinski definition) is 0. The highest BCUT2D eigenvalue weighted by molar-refractivity contribution is 5.79. The number of aromatic nitrogens is 2. The summed E-state index contributed by atoms with van der Waals surface area (Å²) in [5.74, 6) is 0.0410. The predicted octanol–water partition coefficient (Wildman–Crippen LogP) is 2.50. The van der Waals surface area contributed by atoms with Gasteiger partial charge in [0.25, 0.3) is 6.43 Å². The summed E-state index contributed by atoms with van der Waals surface area (Å²) in [4.78, 5) is 14.7. The third kappa shape index (κ3) is 2.06. The fraction of sp³-hybridized carbons (Fsp3) is 0.600. The first-order valence-corrected chi connectivity index (χ1v) is 5.01. The second-order valence-corrected chi connectivity index (χ2v) is 3.76. The van der Waals surface area contributed by atoms with Gasteiger partial charge >= 0.3 is 0 Å². The van der Waals surface area contributed by atoms with Crippen molar-refractivity contribution in [2.24, 2.45) is 0 Å². The predicted molar refractivity (Wildman–Crippen MR) is 49.7 cm³/mol. The number of imidazole rings is 1. The molecule has 0 N–H and O–H groups in total.